The highest BCUT2D eigenvalue weighted by atomic mass is 127. The molecule has 0 radical (unpaired) electrons. The second kappa shape index (κ2) is 6.64. The topological polar surface area (TPSA) is 0 Å². The van der Waals surface area contributed by atoms with Crippen LogP contribution in [0.15, 0.2) is 12.1 Å². The first-order chi connectivity index (χ1) is 11.0. The lowest BCUT2D eigenvalue weighted by Crippen LogP contribution is -2.48. The van der Waals surface area contributed by atoms with Crippen LogP contribution in [-0.4, -0.2) is 16.1 Å². The molecule has 1 aliphatic carbocycles. The molecule has 0 aliphatic heterocycles. The van der Waals surface area contributed by atoms with Gasteiger partial charge in [0.05, 0.1) is 16.1 Å². The fourth-order valence-corrected chi connectivity index (χ4v) is 9.78. The molecule has 1 aliphatic rings. The van der Waals surface area contributed by atoms with Crippen LogP contribution in [0, 0.1) is 7.14 Å². The molecule has 0 aromatic heterocycles. The van der Waals surface area contributed by atoms with Gasteiger partial charge in [-0.05, 0) is 115 Å². The van der Waals surface area contributed by atoms with Crippen LogP contribution < -0.4 is 10.4 Å². The van der Waals surface area contributed by atoms with Gasteiger partial charge in [-0.25, -0.2) is 0 Å². The highest BCUT2D eigenvalue weighted by molar-refractivity contribution is 14.1. The molecule has 4 heteroatoms. The first kappa shape index (κ1) is 19.4. The Labute approximate surface area is 176 Å². The van der Waals surface area contributed by atoms with Gasteiger partial charge in [-0.3, -0.25) is 0 Å². The molecule has 130 valence electrons. The summed E-state index contributed by atoms with van der Waals surface area (Å²) in [5.74, 6) is 0. The van der Waals surface area contributed by atoms with E-state index in [0.717, 1.165) is 0 Å². The molecular formula is C20H28I2Si2. The third kappa shape index (κ3) is 3.41. The van der Waals surface area contributed by atoms with E-state index in [2.05, 4.69) is 96.6 Å². The minimum Gasteiger partial charge on any atom is -0.0656 e. The Balaban J connectivity index is 2.58. The highest BCUT2D eigenvalue weighted by Gasteiger charge is 2.33. The normalized spacial score (nSPS) is 15.7. The van der Waals surface area contributed by atoms with Gasteiger partial charge in [0.1, 0.15) is 0 Å². The van der Waals surface area contributed by atoms with Gasteiger partial charge in [-0.2, -0.15) is 0 Å². The summed E-state index contributed by atoms with van der Waals surface area (Å²) in [6, 6.07) is 5.01. The third-order valence-corrected chi connectivity index (χ3v) is 12.1. The number of fused-ring (bicyclic) bond motifs is 2. The molecule has 2 aromatic carbocycles. The molecule has 0 heterocycles. The van der Waals surface area contributed by atoms with E-state index in [1.54, 1.807) is 32.3 Å². The molecule has 0 bridgehead atoms. The van der Waals surface area contributed by atoms with Gasteiger partial charge in [0.15, 0.2) is 0 Å². The second-order valence-corrected chi connectivity index (χ2v) is 21.6. The minimum absolute atomic E-state index is 1.31. The lowest BCUT2D eigenvalue weighted by molar-refractivity contribution is 0.691. The number of halogens is 2. The number of hydrogen-bond acceptors (Lipinski definition) is 0. The van der Waals surface area contributed by atoms with Crippen molar-refractivity contribution in [3.05, 3.63) is 30.4 Å². The van der Waals surface area contributed by atoms with Gasteiger partial charge in [0.25, 0.3) is 0 Å². The van der Waals surface area contributed by atoms with Crippen molar-refractivity contribution in [2.45, 2.75) is 65.0 Å². The minimum atomic E-state index is -1.39. The van der Waals surface area contributed by atoms with Crippen molar-refractivity contribution in [2.24, 2.45) is 0 Å². The van der Waals surface area contributed by atoms with E-state index >= 15 is 0 Å². The van der Waals surface area contributed by atoms with Crippen LogP contribution in [-0.2, 0) is 12.8 Å². The van der Waals surface area contributed by atoms with Crippen molar-refractivity contribution in [1.29, 1.82) is 0 Å². The maximum Gasteiger partial charge on any atom is 0.0787 e. The van der Waals surface area contributed by atoms with Crippen LogP contribution in [0.3, 0.4) is 0 Å². The standard InChI is InChI=1S/C20H28I2Si2/c1-23(2,3)19-13-9-7-8-10-14(13)20(24(4,5)6)16-12-18(22)17(21)11-15(16)19/h11-12H,7-10H2,1-6H3. The average molecular weight is 578 g/mol. The van der Waals surface area contributed by atoms with E-state index in [1.165, 1.54) is 32.8 Å². The van der Waals surface area contributed by atoms with Crippen molar-refractivity contribution in [3.8, 4) is 0 Å². The van der Waals surface area contributed by atoms with E-state index in [-0.39, 0.29) is 0 Å². The van der Waals surface area contributed by atoms with Gasteiger partial charge < -0.3 is 0 Å². The monoisotopic (exact) mass is 578 g/mol. The van der Waals surface area contributed by atoms with Crippen molar-refractivity contribution in [3.63, 3.8) is 0 Å². The Morgan fingerprint density at radius 2 is 1.00 bits per heavy atom. The first-order valence-corrected chi connectivity index (χ1v) is 18.1. The Bertz CT molecular complexity index is 743. The van der Waals surface area contributed by atoms with Crippen molar-refractivity contribution >= 4 is 82.5 Å². The zero-order valence-electron chi connectivity index (χ0n) is 15.7. The zero-order chi connectivity index (χ0) is 17.9. The SMILES string of the molecule is C[Si](C)(C)c1c2c(c([Si](C)(C)C)c3cc(I)c(I)cc13)CCCC2. The fourth-order valence-electron chi connectivity index (χ4n) is 4.46. The molecule has 0 spiro atoms. The van der Waals surface area contributed by atoms with Crippen molar-refractivity contribution in [2.75, 3.05) is 0 Å². The maximum absolute atomic E-state index is 2.54. The molecule has 3 rings (SSSR count). The largest absolute Gasteiger partial charge is 0.0787 e. The summed E-state index contributed by atoms with van der Waals surface area (Å²) in [6.45, 7) is 15.2. The second-order valence-electron chi connectivity index (χ2n) is 9.23. The molecule has 0 amide bonds. The predicted octanol–water partition coefficient (Wildman–Crippen LogP) is 6.02. The Hall–Kier alpha value is 0.594. The summed E-state index contributed by atoms with van der Waals surface area (Å²) in [5.41, 5.74) is 3.53. The molecule has 0 saturated heterocycles. The quantitative estimate of drug-likeness (QED) is 0.302. The van der Waals surface area contributed by atoms with E-state index < -0.39 is 16.1 Å². The molecule has 0 unspecified atom stereocenters. The number of benzene rings is 2. The number of hydrogen-bond donors (Lipinski definition) is 0. The van der Waals surface area contributed by atoms with Crippen molar-refractivity contribution in [1.82, 2.24) is 0 Å². The van der Waals surface area contributed by atoms with Gasteiger partial charge >= 0.3 is 0 Å². The fraction of sp³-hybridized carbons (Fsp3) is 0.500. The lowest BCUT2D eigenvalue weighted by Gasteiger charge is -2.34. The molecule has 2 aromatic rings. The van der Waals surface area contributed by atoms with Crippen LogP contribution in [0.5, 0.6) is 0 Å². The maximum atomic E-state index is 2.54. The van der Waals surface area contributed by atoms with E-state index in [1.807, 2.05) is 0 Å². The first-order valence-electron chi connectivity index (χ1n) is 8.99. The van der Waals surface area contributed by atoms with E-state index in [4.69, 9.17) is 0 Å². The number of rotatable bonds is 2. The van der Waals surface area contributed by atoms with Crippen LogP contribution >= 0.6 is 45.2 Å². The Morgan fingerprint density at radius 3 is 1.29 bits per heavy atom. The molecule has 0 atom stereocenters. The molecule has 0 fully saturated rings. The van der Waals surface area contributed by atoms with E-state index in [0.29, 0.717) is 0 Å². The van der Waals surface area contributed by atoms with E-state index in [9.17, 15) is 0 Å². The molecule has 0 saturated carbocycles. The Morgan fingerprint density at radius 1 is 0.667 bits per heavy atom. The van der Waals surface area contributed by atoms with Gasteiger partial charge in [-0.1, -0.05) is 39.3 Å². The predicted molar refractivity (Wildman–Crippen MR) is 132 cm³/mol. The summed E-state index contributed by atoms with van der Waals surface area (Å²) >= 11 is 5.05. The lowest BCUT2D eigenvalue weighted by atomic mass is 9.89. The Kier molecular flexibility index (Phi) is 5.35. The average Bonchev–Trinajstić information content (AvgIpc) is 2.43. The summed E-state index contributed by atoms with van der Waals surface area (Å²) < 4.78 is 2.83. The molecule has 24 heavy (non-hydrogen) atoms. The molecule has 0 N–H and O–H groups in total. The highest BCUT2D eigenvalue weighted by Crippen LogP contribution is 2.31. The smallest absolute Gasteiger partial charge is 0.0656 e. The van der Waals surface area contributed by atoms with Crippen molar-refractivity contribution < 1.29 is 0 Å². The zero-order valence-corrected chi connectivity index (χ0v) is 22.1. The summed E-state index contributed by atoms with van der Waals surface area (Å²) in [7, 11) is -2.78. The van der Waals surface area contributed by atoms with Gasteiger partial charge in [0.2, 0.25) is 0 Å². The van der Waals surface area contributed by atoms with Crippen LogP contribution in [0.4, 0.5) is 0 Å². The van der Waals surface area contributed by atoms with Gasteiger partial charge in [0, 0.05) is 7.14 Å². The third-order valence-electron chi connectivity index (χ3n) is 5.17. The summed E-state index contributed by atoms with van der Waals surface area (Å²) in [5, 5.41) is 6.72. The van der Waals surface area contributed by atoms with Gasteiger partial charge in [-0.15, -0.1) is 0 Å². The summed E-state index contributed by atoms with van der Waals surface area (Å²) in [6.07, 6.45) is 5.38. The van der Waals surface area contributed by atoms with Crippen LogP contribution in [0.2, 0.25) is 39.3 Å². The van der Waals surface area contributed by atoms with Crippen LogP contribution in [0.1, 0.15) is 24.0 Å². The molecular weight excluding hydrogens is 550 g/mol. The molecule has 0 nitrogen and oxygen atoms in total. The van der Waals surface area contributed by atoms with Crippen LogP contribution in [0.25, 0.3) is 10.8 Å². The summed E-state index contributed by atoms with van der Waals surface area (Å²) in [4.78, 5) is 0.